The van der Waals surface area contributed by atoms with Crippen molar-refractivity contribution in [2.45, 2.75) is 11.3 Å². The molecule has 1 aromatic rings. The quantitative estimate of drug-likeness (QED) is 0.735. The fourth-order valence-electron chi connectivity index (χ4n) is 1.39. The second kappa shape index (κ2) is 5.52. The van der Waals surface area contributed by atoms with E-state index in [4.69, 9.17) is 14.7 Å². The van der Waals surface area contributed by atoms with Crippen molar-refractivity contribution in [3.05, 3.63) is 17.7 Å². The van der Waals surface area contributed by atoms with Crippen molar-refractivity contribution in [3.8, 4) is 17.6 Å². The zero-order valence-corrected chi connectivity index (χ0v) is 9.85. The van der Waals surface area contributed by atoms with Crippen LogP contribution in [0.25, 0.3) is 0 Å². The van der Waals surface area contributed by atoms with Crippen LogP contribution in [-0.2, 0) is 6.42 Å². The van der Waals surface area contributed by atoms with Crippen LogP contribution >= 0.6 is 11.8 Å². The largest absolute Gasteiger partial charge is 0.492 e. The van der Waals surface area contributed by atoms with Crippen LogP contribution in [0.4, 0.5) is 0 Å². The monoisotopic (exact) mass is 223 g/mol. The number of hydrogen-bond donors (Lipinski definition) is 0. The molecule has 1 rings (SSSR count). The molecule has 1 aromatic carbocycles. The molecule has 0 aliphatic heterocycles. The Labute approximate surface area is 94.0 Å². The molecule has 3 nitrogen and oxygen atoms in total. The Hall–Kier alpha value is -1.34. The van der Waals surface area contributed by atoms with E-state index in [1.54, 1.807) is 26.0 Å². The predicted molar refractivity (Wildman–Crippen MR) is 60.6 cm³/mol. The zero-order valence-electron chi connectivity index (χ0n) is 9.03. The standard InChI is InChI=1S/C11H13NO2S/c1-13-10-8(6-7-12)4-5-9(15-3)11(10)14-2/h4-5H,6H2,1-3H3. The molecule has 0 heterocycles. The number of methoxy groups -OCH3 is 2. The minimum Gasteiger partial charge on any atom is -0.492 e. The predicted octanol–water partition coefficient (Wildman–Crippen LogP) is 2.49. The van der Waals surface area contributed by atoms with E-state index in [1.165, 1.54) is 0 Å². The summed E-state index contributed by atoms with van der Waals surface area (Å²) in [6.45, 7) is 0. The van der Waals surface area contributed by atoms with Crippen LogP contribution in [0.15, 0.2) is 17.0 Å². The van der Waals surface area contributed by atoms with Gasteiger partial charge >= 0.3 is 0 Å². The number of thioether (sulfide) groups is 1. The van der Waals surface area contributed by atoms with E-state index in [2.05, 4.69) is 6.07 Å². The molecular formula is C11H13NO2S. The topological polar surface area (TPSA) is 42.2 Å². The molecule has 0 atom stereocenters. The van der Waals surface area contributed by atoms with Gasteiger partial charge in [-0.05, 0) is 12.3 Å². The van der Waals surface area contributed by atoms with Gasteiger partial charge in [0.15, 0.2) is 11.5 Å². The second-order valence-corrected chi connectivity index (χ2v) is 3.68. The fourth-order valence-corrected chi connectivity index (χ4v) is 1.95. The molecular weight excluding hydrogens is 210 g/mol. The van der Waals surface area contributed by atoms with Crippen molar-refractivity contribution >= 4 is 11.8 Å². The Balaban J connectivity index is 3.28. The Bertz CT molecular complexity index is 385. The first kappa shape index (κ1) is 11.7. The molecule has 0 amide bonds. The maximum absolute atomic E-state index is 8.68. The highest BCUT2D eigenvalue weighted by Crippen LogP contribution is 2.39. The number of ether oxygens (including phenoxy) is 2. The van der Waals surface area contributed by atoms with Crippen molar-refractivity contribution < 1.29 is 9.47 Å². The fraction of sp³-hybridized carbons (Fsp3) is 0.364. The molecule has 0 N–H and O–H groups in total. The number of nitriles is 1. The van der Waals surface area contributed by atoms with Gasteiger partial charge < -0.3 is 9.47 Å². The Kier molecular flexibility index (Phi) is 4.32. The molecule has 80 valence electrons. The lowest BCUT2D eigenvalue weighted by Crippen LogP contribution is -1.97. The summed E-state index contributed by atoms with van der Waals surface area (Å²) >= 11 is 1.59. The number of rotatable bonds is 4. The third-order valence-electron chi connectivity index (χ3n) is 2.06. The molecule has 0 saturated heterocycles. The van der Waals surface area contributed by atoms with Gasteiger partial charge in [-0.3, -0.25) is 0 Å². The first-order valence-electron chi connectivity index (χ1n) is 4.43. The third-order valence-corrected chi connectivity index (χ3v) is 2.82. The highest BCUT2D eigenvalue weighted by Gasteiger charge is 2.13. The summed E-state index contributed by atoms with van der Waals surface area (Å²) in [5, 5.41) is 8.68. The molecule has 0 saturated carbocycles. The van der Waals surface area contributed by atoms with Crippen molar-refractivity contribution in [1.29, 1.82) is 5.26 Å². The first-order valence-corrected chi connectivity index (χ1v) is 5.65. The minimum atomic E-state index is 0.328. The molecule has 0 aromatic heterocycles. The molecule has 0 aliphatic rings. The van der Waals surface area contributed by atoms with E-state index in [1.807, 2.05) is 18.4 Å². The lowest BCUT2D eigenvalue weighted by atomic mass is 10.1. The average Bonchev–Trinajstić information content (AvgIpc) is 2.28. The molecule has 0 fully saturated rings. The van der Waals surface area contributed by atoms with E-state index in [0.29, 0.717) is 17.9 Å². The van der Waals surface area contributed by atoms with Crippen molar-refractivity contribution in [1.82, 2.24) is 0 Å². The van der Waals surface area contributed by atoms with E-state index in [-0.39, 0.29) is 0 Å². The van der Waals surface area contributed by atoms with E-state index in [9.17, 15) is 0 Å². The van der Waals surface area contributed by atoms with Crippen LogP contribution in [0, 0.1) is 11.3 Å². The second-order valence-electron chi connectivity index (χ2n) is 2.83. The van der Waals surface area contributed by atoms with Gasteiger partial charge in [0, 0.05) is 5.56 Å². The summed E-state index contributed by atoms with van der Waals surface area (Å²) < 4.78 is 10.6. The average molecular weight is 223 g/mol. The maximum Gasteiger partial charge on any atom is 0.174 e. The minimum absolute atomic E-state index is 0.328. The van der Waals surface area contributed by atoms with Gasteiger partial charge in [-0.2, -0.15) is 5.26 Å². The molecule has 0 aliphatic carbocycles. The smallest absolute Gasteiger partial charge is 0.174 e. The van der Waals surface area contributed by atoms with Crippen molar-refractivity contribution in [3.63, 3.8) is 0 Å². The summed E-state index contributed by atoms with van der Waals surface area (Å²) in [5.74, 6) is 1.36. The summed E-state index contributed by atoms with van der Waals surface area (Å²) in [7, 11) is 3.19. The lowest BCUT2D eigenvalue weighted by Gasteiger charge is -2.13. The van der Waals surface area contributed by atoms with Gasteiger partial charge in [0.05, 0.1) is 31.6 Å². The number of nitrogens with zero attached hydrogens (tertiary/aromatic N) is 1. The molecule has 0 bridgehead atoms. The summed E-state index contributed by atoms with van der Waals surface area (Å²) in [6, 6.07) is 5.95. The van der Waals surface area contributed by atoms with Crippen LogP contribution in [0.3, 0.4) is 0 Å². The normalized spacial score (nSPS) is 9.47. The van der Waals surface area contributed by atoms with E-state index < -0.39 is 0 Å². The van der Waals surface area contributed by atoms with Crippen LogP contribution in [0.5, 0.6) is 11.5 Å². The van der Waals surface area contributed by atoms with Gasteiger partial charge in [0.2, 0.25) is 0 Å². The van der Waals surface area contributed by atoms with Crippen LogP contribution in [-0.4, -0.2) is 20.5 Å². The maximum atomic E-state index is 8.68. The molecule has 0 unspecified atom stereocenters. The molecule has 0 spiro atoms. The summed E-state index contributed by atoms with van der Waals surface area (Å²) in [4.78, 5) is 1.01. The van der Waals surface area contributed by atoms with Gasteiger partial charge in [-0.25, -0.2) is 0 Å². The van der Waals surface area contributed by atoms with Gasteiger partial charge in [0.1, 0.15) is 0 Å². The van der Waals surface area contributed by atoms with Crippen LogP contribution in [0.2, 0.25) is 0 Å². The number of hydrogen-bond acceptors (Lipinski definition) is 4. The van der Waals surface area contributed by atoms with Crippen LogP contribution in [0.1, 0.15) is 5.56 Å². The van der Waals surface area contributed by atoms with E-state index in [0.717, 1.165) is 10.5 Å². The zero-order chi connectivity index (χ0) is 11.3. The number of benzene rings is 1. The summed E-state index contributed by atoms with van der Waals surface area (Å²) in [6.07, 6.45) is 2.30. The van der Waals surface area contributed by atoms with Gasteiger partial charge in [-0.15, -0.1) is 11.8 Å². The Morgan fingerprint density at radius 3 is 2.40 bits per heavy atom. The first-order chi connectivity index (χ1) is 7.28. The Morgan fingerprint density at radius 1 is 1.27 bits per heavy atom. The SMILES string of the molecule is COc1c(CC#N)ccc(SC)c1OC. The van der Waals surface area contributed by atoms with E-state index >= 15 is 0 Å². The van der Waals surface area contributed by atoms with Crippen molar-refractivity contribution in [2.24, 2.45) is 0 Å². The lowest BCUT2D eigenvalue weighted by molar-refractivity contribution is 0.345. The third kappa shape index (κ3) is 2.37. The Morgan fingerprint density at radius 2 is 1.93 bits per heavy atom. The molecule has 15 heavy (non-hydrogen) atoms. The van der Waals surface area contributed by atoms with Gasteiger partial charge in [0.25, 0.3) is 0 Å². The molecule has 4 heteroatoms. The van der Waals surface area contributed by atoms with Crippen LogP contribution < -0.4 is 9.47 Å². The van der Waals surface area contributed by atoms with Gasteiger partial charge in [-0.1, -0.05) is 6.07 Å². The highest BCUT2D eigenvalue weighted by molar-refractivity contribution is 7.98. The van der Waals surface area contributed by atoms with Crippen molar-refractivity contribution in [2.75, 3.05) is 20.5 Å². The highest BCUT2D eigenvalue weighted by atomic mass is 32.2. The molecule has 0 radical (unpaired) electrons. The summed E-state index contributed by atoms with van der Waals surface area (Å²) in [5.41, 5.74) is 0.856.